The van der Waals surface area contributed by atoms with E-state index in [1.54, 1.807) is 11.1 Å². The molecule has 0 aliphatic carbocycles. The largest absolute Gasteiger partial charge is 0.355 e. The lowest BCUT2D eigenvalue weighted by Crippen LogP contribution is -2.42. The molecule has 0 bridgehead atoms. The van der Waals surface area contributed by atoms with Crippen LogP contribution in [0.5, 0.6) is 0 Å². The molecule has 6 heteroatoms. The van der Waals surface area contributed by atoms with Crippen LogP contribution in [0, 0.1) is 5.92 Å². The van der Waals surface area contributed by atoms with Crippen molar-refractivity contribution in [1.82, 2.24) is 19.8 Å². The van der Waals surface area contributed by atoms with E-state index in [2.05, 4.69) is 14.9 Å². The number of imidazole rings is 1. The molecular formula is C11H14N4O2. The number of carbonyl (C=O) groups excluding carboxylic acids is 2. The highest BCUT2D eigenvalue weighted by molar-refractivity contribution is 5.89. The Hall–Kier alpha value is -1.85. The summed E-state index contributed by atoms with van der Waals surface area (Å²) in [6.45, 7) is 2.52. The minimum Gasteiger partial charge on any atom is -0.355 e. The molecule has 90 valence electrons. The molecule has 1 atom stereocenters. The number of aromatic nitrogens is 2. The summed E-state index contributed by atoms with van der Waals surface area (Å²) < 4.78 is 2.06. The van der Waals surface area contributed by atoms with E-state index in [0.29, 0.717) is 26.1 Å². The van der Waals surface area contributed by atoms with Gasteiger partial charge in [-0.2, -0.15) is 0 Å². The fourth-order valence-electron chi connectivity index (χ4n) is 2.40. The van der Waals surface area contributed by atoms with Gasteiger partial charge in [-0.3, -0.25) is 9.59 Å². The van der Waals surface area contributed by atoms with Crippen molar-refractivity contribution in [2.24, 2.45) is 5.92 Å². The van der Waals surface area contributed by atoms with Crippen molar-refractivity contribution in [2.45, 2.75) is 19.5 Å². The van der Waals surface area contributed by atoms with E-state index in [4.69, 9.17) is 0 Å². The first-order chi connectivity index (χ1) is 8.24. The summed E-state index contributed by atoms with van der Waals surface area (Å²) in [6.07, 6.45) is 4.01. The molecule has 0 aromatic carbocycles. The first-order valence-corrected chi connectivity index (χ1v) is 5.79. The highest BCUT2D eigenvalue weighted by Crippen LogP contribution is 2.17. The zero-order valence-corrected chi connectivity index (χ0v) is 9.43. The Bertz CT molecular complexity index is 468. The van der Waals surface area contributed by atoms with Gasteiger partial charge < -0.3 is 14.8 Å². The summed E-state index contributed by atoms with van der Waals surface area (Å²) in [5.74, 6) is 0.769. The summed E-state index contributed by atoms with van der Waals surface area (Å²) in [5.41, 5.74) is 0. The predicted octanol–water partition coefficient (Wildman–Crippen LogP) is -0.639. The quantitative estimate of drug-likeness (QED) is 0.703. The lowest BCUT2D eigenvalue weighted by atomic mass is 10.1. The number of nitrogens with zero attached hydrogens (tertiary/aromatic N) is 3. The Morgan fingerprint density at radius 3 is 3.12 bits per heavy atom. The maximum Gasteiger partial charge on any atom is 0.228 e. The molecule has 2 aliphatic rings. The zero-order valence-electron chi connectivity index (χ0n) is 9.43. The van der Waals surface area contributed by atoms with Crippen molar-refractivity contribution in [3.8, 4) is 0 Å². The summed E-state index contributed by atoms with van der Waals surface area (Å²) in [7, 11) is 0. The van der Waals surface area contributed by atoms with Gasteiger partial charge in [0.25, 0.3) is 0 Å². The molecule has 1 N–H and O–H groups in total. The lowest BCUT2D eigenvalue weighted by Gasteiger charge is -2.29. The van der Waals surface area contributed by atoms with Gasteiger partial charge in [0.2, 0.25) is 11.8 Å². The average Bonchev–Trinajstić information content (AvgIpc) is 2.95. The number of rotatable bonds is 1. The van der Waals surface area contributed by atoms with Crippen LogP contribution in [0.1, 0.15) is 12.2 Å². The van der Waals surface area contributed by atoms with E-state index in [-0.39, 0.29) is 17.7 Å². The summed E-state index contributed by atoms with van der Waals surface area (Å²) in [5, 5.41) is 2.70. The van der Waals surface area contributed by atoms with Crippen LogP contribution in [0.4, 0.5) is 0 Å². The molecule has 0 spiro atoms. The molecule has 1 saturated heterocycles. The highest BCUT2D eigenvalue weighted by atomic mass is 16.2. The van der Waals surface area contributed by atoms with E-state index in [9.17, 15) is 9.59 Å². The van der Waals surface area contributed by atoms with Gasteiger partial charge in [0.1, 0.15) is 5.82 Å². The first-order valence-electron chi connectivity index (χ1n) is 5.79. The van der Waals surface area contributed by atoms with Crippen LogP contribution in [0.25, 0.3) is 0 Å². The van der Waals surface area contributed by atoms with Crippen molar-refractivity contribution in [3.63, 3.8) is 0 Å². The van der Waals surface area contributed by atoms with Crippen molar-refractivity contribution >= 4 is 11.8 Å². The number of nitrogens with one attached hydrogen (secondary N) is 1. The van der Waals surface area contributed by atoms with E-state index in [0.717, 1.165) is 12.4 Å². The molecular weight excluding hydrogens is 220 g/mol. The van der Waals surface area contributed by atoms with Crippen LogP contribution >= 0.6 is 0 Å². The Morgan fingerprint density at radius 2 is 2.35 bits per heavy atom. The van der Waals surface area contributed by atoms with E-state index >= 15 is 0 Å². The number of fused-ring (bicyclic) bond motifs is 1. The molecule has 1 unspecified atom stereocenters. The predicted molar refractivity (Wildman–Crippen MR) is 58.8 cm³/mol. The molecule has 2 amide bonds. The maximum atomic E-state index is 12.2. The van der Waals surface area contributed by atoms with Gasteiger partial charge in [-0.25, -0.2) is 4.98 Å². The van der Waals surface area contributed by atoms with Gasteiger partial charge in [0, 0.05) is 38.4 Å². The Labute approximate surface area is 98.6 Å². The van der Waals surface area contributed by atoms with Gasteiger partial charge in [-0.15, -0.1) is 0 Å². The molecule has 1 aromatic heterocycles. The SMILES string of the molecule is O=C1CC(C(=O)N2CCn3ccnc3C2)CN1. The van der Waals surface area contributed by atoms with Crippen LogP contribution in [-0.2, 0) is 22.7 Å². The zero-order chi connectivity index (χ0) is 11.8. The van der Waals surface area contributed by atoms with Crippen LogP contribution in [0.2, 0.25) is 0 Å². The van der Waals surface area contributed by atoms with Crippen LogP contribution in [-0.4, -0.2) is 39.4 Å². The second-order valence-electron chi connectivity index (χ2n) is 4.50. The molecule has 1 fully saturated rings. The highest BCUT2D eigenvalue weighted by Gasteiger charge is 2.32. The second kappa shape index (κ2) is 3.87. The molecule has 1 aromatic rings. The first kappa shape index (κ1) is 10.3. The number of carbonyl (C=O) groups is 2. The summed E-state index contributed by atoms with van der Waals surface area (Å²) >= 11 is 0. The van der Waals surface area contributed by atoms with Crippen molar-refractivity contribution in [3.05, 3.63) is 18.2 Å². The molecule has 2 aliphatic heterocycles. The number of hydrogen-bond acceptors (Lipinski definition) is 3. The van der Waals surface area contributed by atoms with Crippen LogP contribution < -0.4 is 5.32 Å². The minimum atomic E-state index is -0.191. The summed E-state index contributed by atoms with van der Waals surface area (Å²) in [6, 6.07) is 0. The standard InChI is InChI=1S/C11H14N4O2/c16-10-5-8(6-13-10)11(17)15-4-3-14-2-1-12-9(14)7-15/h1-2,8H,3-7H2,(H,13,16). The van der Waals surface area contributed by atoms with Gasteiger partial charge in [0.05, 0.1) is 12.5 Å². The van der Waals surface area contributed by atoms with E-state index < -0.39 is 0 Å². The topological polar surface area (TPSA) is 67.2 Å². The molecule has 6 nitrogen and oxygen atoms in total. The van der Waals surface area contributed by atoms with E-state index in [1.165, 1.54) is 0 Å². The Morgan fingerprint density at radius 1 is 1.47 bits per heavy atom. The third-order valence-electron chi connectivity index (χ3n) is 3.38. The minimum absolute atomic E-state index is 0.0261. The van der Waals surface area contributed by atoms with Crippen LogP contribution in [0.15, 0.2) is 12.4 Å². The smallest absolute Gasteiger partial charge is 0.228 e. The third-order valence-corrected chi connectivity index (χ3v) is 3.38. The Kier molecular flexibility index (Phi) is 2.35. The normalized spacial score (nSPS) is 23.4. The van der Waals surface area contributed by atoms with E-state index in [1.807, 2.05) is 6.20 Å². The second-order valence-corrected chi connectivity index (χ2v) is 4.50. The van der Waals surface area contributed by atoms with Crippen LogP contribution in [0.3, 0.4) is 0 Å². The van der Waals surface area contributed by atoms with Gasteiger partial charge in [-0.05, 0) is 0 Å². The summed E-state index contributed by atoms with van der Waals surface area (Å²) in [4.78, 5) is 29.3. The van der Waals surface area contributed by atoms with Crippen molar-refractivity contribution in [1.29, 1.82) is 0 Å². The number of hydrogen-bond donors (Lipinski definition) is 1. The fourth-order valence-corrected chi connectivity index (χ4v) is 2.40. The number of amides is 2. The van der Waals surface area contributed by atoms with Gasteiger partial charge in [-0.1, -0.05) is 0 Å². The monoisotopic (exact) mass is 234 g/mol. The van der Waals surface area contributed by atoms with Gasteiger partial charge >= 0.3 is 0 Å². The molecule has 0 radical (unpaired) electrons. The third kappa shape index (κ3) is 1.79. The molecule has 3 heterocycles. The fraction of sp³-hybridized carbons (Fsp3) is 0.545. The van der Waals surface area contributed by atoms with Gasteiger partial charge in [0.15, 0.2) is 0 Å². The lowest BCUT2D eigenvalue weighted by molar-refractivity contribution is -0.137. The molecule has 17 heavy (non-hydrogen) atoms. The molecule has 0 saturated carbocycles. The van der Waals surface area contributed by atoms with Crippen molar-refractivity contribution < 1.29 is 9.59 Å². The van der Waals surface area contributed by atoms with Crippen molar-refractivity contribution in [2.75, 3.05) is 13.1 Å². The Balaban J connectivity index is 1.70. The maximum absolute atomic E-state index is 12.2. The molecule has 3 rings (SSSR count). The average molecular weight is 234 g/mol.